The van der Waals surface area contributed by atoms with Crippen LogP contribution in [-0.2, 0) is 5.54 Å². The summed E-state index contributed by atoms with van der Waals surface area (Å²) >= 11 is 0. The average molecular weight is 232 g/mol. The second kappa shape index (κ2) is 3.64. The molecule has 0 amide bonds. The van der Waals surface area contributed by atoms with Gasteiger partial charge in [0.15, 0.2) is 0 Å². The lowest BCUT2D eigenvalue weighted by atomic mass is 9.85. The highest BCUT2D eigenvalue weighted by Gasteiger charge is 2.35. The van der Waals surface area contributed by atoms with E-state index >= 15 is 0 Å². The van der Waals surface area contributed by atoms with Gasteiger partial charge in [-0.15, -0.1) is 13.2 Å². The third kappa shape index (κ3) is 2.28. The predicted octanol–water partition coefficient (Wildman–Crippen LogP) is 1.34. The van der Waals surface area contributed by atoms with E-state index in [1.54, 1.807) is 6.07 Å². The molecular formula is C10H11F3N2O. The molecule has 16 heavy (non-hydrogen) atoms. The second-order valence-electron chi connectivity index (χ2n) is 3.84. The molecule has 0 spiro atoms. The number of hydrogen-bond donors (Lipinski definition) is 2. The van der Waals surface area contributed by atoms with Gasteiger partial charge in [-0.3, -0.25) is 0 Å². The molecule has 0 saturated carbocycles. The Balaban J connectivity index is 2.20. The number of hydrogen-bond acceptors (Lipinski definition) is 3. The third-order valence-corrected chi connectivity index (χ3v) is 2.52. The molecule has 0 aromatic heterocycles. The first-order valence-electron chi connectivity index (χ1n) is 4.75. The minimum absolute atomic E-state index is 0.235. The van der Waals surface area contributed by atoms with E-state index in [1.807, 2.05) is 0 Å². The lowest BCUT2D eigenvalue weighted by Crippen LogP contribution is -2.62. The highest BCUT2D eigenvalue weighted by molar-refractivity contribution is 5.35. The number of benzene rings is 1. The van der Waals surface area contributed by atoms with Gasteiger partial charge in [0, 0.05) is 13.1 Å². The van der Waals surface area contributed by atoms with Gasteiger partial charge in [0.1, 0.15) is 5.75 Å². The molecule has 1 heterocycles. The van der Waals surface area contributed by atoms with Crippen molar-refractivity contribution in [3.63, 3.8) is 0 Å². The number of ether oxygens (including phenoxy) is 1. The van der Waals surface area contributed by atoms with Gasteiger partial charge in [0.25, 0.3) is 0 Å². The molecule has 1 aromatic carbocycles. The largest absolute Gasteiger partial charge is 0.573 e. The fourth-order valence-electron chi connectivity index (χ4n) is 1.60. The van der Waals surface area contributed by atoms with Gasteiger partial charge in [-0.05, 0) is 17.7 Å². The van der Waals surface area contributed by atoms with Crippen LogP contribution < -0.4 is 15.8 Å². The highest BCUT2D eigenvalue weighted by Crippen LogP contribution is 2.28. The van der Waals surface area contributed by atoms with Gasteiger partial charge in [0.05, 0.1) is 5.54 Å². The summed E-state index contributed by atoms with van der Waals surface area (Å²) in [6, 6.07) is 5.79. The maximum atomic E-state index is 12.0. The Hall–Kier alpha value is -1.27. The SMILES string of the molecule is NC1(c2cccc(OC(F)(F)F)c2)CNC1. The van der Waals surface area contributed by atoms with Gasteiger partial charge >= 0.3 is 6.36 Å². The first-order chi connectivity index (χ1) is 7.39. The van der Waals surface area contributed by atoms with E-state index in [0.717, 1.165) is 0 Å². The van der Waals surface area contributed by atoms with Crippen molar-refractivity contribution in [2.24, 2.45) is 5.73 Å². The van der Waals surface area contributed by atoms with Crippen LogP contribution in [0, 0.1) is 0 Å². The summed E-state index contributed by atoms with van der Waals surface area (Å²) in [6.07, 6.45) is -4.67. The maximum absolute atomic E-state index is 12.0. The van der Waals surface area contributed by atoms with Crippen LogP contribution in [0.4, 0.5) is 13.2 Å². The summed E-state index contributed by atoms with van der Waals surface area (Å²) in [5.74, 6) is -0.235. The van der Waals surface area contributed by atoms with Crippen molar-refractivity contribution in [2.75, 3.05) is 13.1 Å². The van der Waals surface area contributed by atoms with Crippen LogP contribution in [0.2, 0.25) is 0 Å². The second-order valence-corrected chi connectivity index (χ2v) is 3.84. The number of nitrogens with two attached hydrogens (primary N) is 1. The first-order valence-corrected chi connectivity index (χ1v) is 4.75. The number of halogens is 3. The molecule has 1 aliphatic rings. The minimum Gasteiger partial charge on any atom is -0.406 e. The van der Waals surface area contributed by atoms with Crippen molar-refractivity contribution in [1.82, 2.24) is 5.32 Å². The van der Waals surface area contributed by atoms with Gasteiger partial charge in [-0.2, -0.15) is 0 Å². The van der Waals surface area contributed by atoms with Crippen LogP contribution in [0.25, 0.3) is 0 Å². The Bertz CT molecular complexity index is 388. The van der Waals surface area contributed by atoms with Crippen LogP contribution in [0.1, 0.15) is 5.56 Å². The maximum Gasteiger partial charge on any atom is 0.573 e. The van der Waals surface area contributed by atoms with Crippen molar-refractivity contribution in [3.05, 3.63) is 29.8 Å². The molecule has 0 atom stereocenters. The third-order valence-electron chi connectivity index (χ3n) is 2.52. The van der Waals surface area contributed by atoms with Crippen molar-refractivity contribution >= 4 is 0 Å². The van der Waals surface area contributed by atoms with Crippen LogP contribution in [-0.4, -0.2) is 19.5 Å². The monoisotopic (exact) mass is 232 g/mol. The molecule has 2 rings (SSSR count). The van der Waals surface area contributed by atoms with E-state index < -0.39 is 11.9 Å². The lowest BCUT2D eigenvalue weighted by molar-refractivity contribution is -0.274. The first kappa shape index (κ1) is 11.2. The summed E-state index contributed by atoms with van der Waals surface area (Å²) in [5.41, 5.74) is 6.03. The van der Waals surface area contributed by atoms with Gasteiger partial charge in [-0.25, -0.2) is 0 Å². The standard InChI is InChI=1S/C10H11F3N2O/c11-10(12,13)16-8-3-1-2-7(4-8)9(14)5-15-6-9/h1-4,15H,5-6,14H2. The highest BCUT2D eigenvalue weighted by atomic mass is 19.4. The van der Waals surface area contributed by atoms with Crippen LogP contribution in [0.3, 0.4) is 0 Å². The van der Waals surface area contributed by atoms with E-state index in [9.17, 15) is 13.2 Å². The fourth-order valence-corrected chi connectivity index (χ4v) is 1.60. The molecule has 0 unspecified atom stereocenters. The Morgan fingerprint density at radius 3 is 2.50 bits per heavy atom. The van der Waals surface area contributed by atoms with Crippen LogP contribution in [0.5, 0.6) is 5.75 Å². The number of rotatable bonds is 2. The predicted molar refractivity (Wildman–Crippen MR) is 51.9 cm³/mol. The van der Waals surface area contributed by atoms with E-state index in [1.165, 1.54) is 18.2 Å². The van der Waals surface area contributed by atoms with Crippen molar-refractivity contribution in [1.29, 1.82) is 0 Å². The lowest BCUT2D eigenvalue weighted by Gasteiger charge is -2.39. The molecular weight excluding hydrogens is 221 g/mol. The van der Waals surface area contributed by atoms with E-state index in [0.29, 0.717) is 18.7 Å². The molecule has 0 bridgehead atoms. The summed E-state index contributed by atoms with van der Waals surface area (Å²) in [6.45, 7) is 1.12. The Labute approximate surface area is 90.4 Å². The fraction of sp³-hybridized carbons (Fsp3) is 0.400. The Kier molecular flexibility index (Phi) is 2.55. The molecule has 1 aliphatic heterocycles. The molecule has 1 aromatic rings. The van der Waals surface area contributed by atoms with Crippen molar-refractivity contribution in [3.8, 4) is 5.75 Å². The smallest absolute Gasteiger partial charge is 0.406 e. The van der Waals surface area contributed by atoms with Crippen LogP contribution >= 0.6 is 0 Å². The molecule has 3 N–H and O–H groups in total. The average Bonchev–Trinajstić information content (AvgIpc) is 2.12. The summed E-state index contributed by atoms with van der Waals surface area (Å²) in [4.78, 5) is 0. The van der Waals surface area contributed by atoms with Crippen molar-refractivity contribution < 1.29 is 17.9 Å². The molecule has 88 valence electrons. The number of nitrogens with one attached hydrogen (secondary N) is 1. The van der Waals surface area contributed by atoms with Crippen molar-refractivity contribution in [2.45, 2.75) is 11.9 Å². The van der Waals surface area contributed by atoms with Gasteiger partial charge in [0.2, 0.25) is 0 Å². The van der Waals surface area contributed by atoms with Gasteiger partial charge < -0.3 is 15.8 Å². The zero-order valence-corrected chi connectivity index (χ0v) is 8.34. The molecule has 6 heteroatoms. The zero-order valence-electron chi connectivity index (χ0n) is 8.34. The number of alkyl halides is 3. The van der Waals surface area contributed by atoms with Crippen LogP contribution in [0.15, 0.2) is 24.3 Å². The van der Waals surface area contributed by atoms with E-state index in [2.05, 4.69) is 10.1 Å². The summed E-state index contributed by atoms with van der Waals surface area (Å²) in [7, 11) is 0. The molecule has 1 saturated heterocycles. The van der Waals surface area contributed by atoms with E-state index in [4.69, 9.17) is 5.73 Å². The molecule has 1 fully saturated rings. The Morgan fingerprint density at radius 2 is 2.00 bits per heavy atom. The minimum atomic E-state index is -4.67. The molecule has 3 nitrogen and oxygen atoms in total. The quantitative estimate of drug-likeness (QED) is 0.809. The molecule has 0 radical (unpaired) electrons. The molecule has 0 aliphatic carbocycles. The summed E-state index contributed by atoms with van der Waals surface area (Å²) < 4.78 is 39.8. The normalized spacial score (nSPS) is 19.0. The zero-order chi connectivity index (χ0) is 11.8. The Morgan fingerprint density at radius 1 is 1.31 bits per heavy atom. The topological polar surface area (TPSA) is 47.3 Å². The van der Waals surface area contributed by atoms with E-state index in [-0.39, 0.29) is 5.75 Å². The van der Waals surface area contributed by atoms with Gasteiger partial charge in [-0.1, -0.05) is 12.1 Å². The summed E-state index contributed by atoms with van der Waals surface area (Å²) in [5, 5.41) is 2.98.